The predicted molar refractivity (Wildman–Crippen MR) is 61.3 cm³/mol. The Kier molecular flexibility index (Phi) is 2.88. The van der Waals surface area contributed by atoms with Gasteiger partial charge in [-0.3, -0.25) is 4.90 Å². The second-order valence-corrected chi connectivity index (χ2v) is 5.64. The minimum atomic E-state index is 0.754. The third-order valence-corrected chi connectivity index (χ3v) is 4.52. The summed E-state index contributed by atoms with van der Waals surface area (Å²) in [5, 5.41) is 0. The Morgan fingerprint density at radius 2 is 1.93 bits per heavy atom. The van der Waals surface area contributed by atoms with Crippen molar-refractivity contribution < 1.29 is 0 Å². The zero-order valence-corrected chi connectivity index (χ0v) is 10.2. The smallest absolute Gasteiger partial charge is 0.0155 e. The molecular weight excluding hydrogens is 170 g/mol. The Morgan fingerprint density at radius 3 is 2.50 bits per heavy atom. The van der Waals surface area contributed by atoms with Gasteiger partial charge in [-0.1, -0.05) is 20.3 Å². The molecular formula is C13H25N. The molecule has 4 atom stereocenters. The molecule has 1 aliphatic carbocycles. The van der Waals surface area contributed by atoms with E-state index in [1.54, 1.807) is 0 Å². The molecule has 14 heavy (non-hydrogen) atoms. The highest BCUT2D eigenvalue weighted by molar-refractivity contribution is 5.02. The molecule has 1 nitrogen and oxygen atoms in total. The van der Waals surface area contributed by atoms with Gasteiger partial charge in [-0.15, -0.1) is 0 Å². The molecule has 0 radical (unpaired) electrons. The highest BCUT2D eigenvalue weighted by atomic mass is 15.3. The van der Waals surface area contributed by atoms with Crippen molar-refractivity contribution in [1.82, 2.24) is 4.90 Å². The molecule has 0 aromatic rings. The first-order chi connectivity index (χ1) is 6.65. The Balaban J connectivity index is 2.13. The molecule has 1 aliphatic heterocycles. The molecule has 0 aromatic carbocycles. The fourth-order valence-corrected chi connectivity index (χ4v) is 3.83. The van der Waals surface area contributed by atoms with Crippen molar-refractivity contribution in [2.75, 3.05) is 0 Å². The van der Waals surface area contributed by atoms with Gasteiger partial charge in [0.2, 0.25) is 0 Å². The molecule has 0 spiro atoms. The maximum atomic E-state index is 2.82. The van der Waals surface area contributed by atoms with E-state index in [0.29, 0.717) is 0 Å². The number of likely N-dealkylation sites (tertiary alicyclic amines) is 1. The molecule has 1 heteroatoms. The first-order valence-electron chi connectivity index (χ1n) is 6.42. The number of hydrogen-bond donors (Lipinski definition) is 0. The monoisotopic (exact) mass is 195 g/mol. The standard InChI is InChI=1S/C13H25N/c1-5-10(4)13-11-6-7-12(8-11)14(13)9(2)3/h9-13H,5-8H2,1-4H3/t10?,11-,12+,13-/m1/s1. The van der Waals surface area contributed by atoms with Crippen molar-refractivity contribution in [3.63, 3.8) is 0 Å². The van der Waals surface area contributed by atoms with E-state index < -0.39 is 0 Å². The van der Waals surface area contributed by atoms with Crippen LogP contribution in [0.5, 0.6) is 0 Å². The van der Waals surface area contributed by atoms with Gasteiger partial charge in [-0.25, -0.2) is 0 Å². The van der Waals surface area contributed by atoms with Crippen molar-refractivity contribution >= 4 is 0 Å². The highest BCUT2D eigenvalue weighted by Gasteiger charge is 2.47. The van der Waals surface area contributed by atoms with Crippen LogP contribution in [-0.4, -0.2) is 23.0 Å². The van der Waals surface area contributed by atoms with Crippen LogP contribution >= 0.6 is 0 Å². The van der Waals surface area contributed by atoms with Crippen LogP contribution in [0.2, 0.25) is 0 Å². The van der Waals surface area contributed by atoms with Gasteiger partial charge in [0, 0.05) is 18.1 Å². The molecule has 0 aromatic heterocycles. The van der Waals surface area contributed by atoms with E-state index in [0.717, 1.165) is 30.0 Å². The summed E-state index contributed by atoms with van der Waals surface area (Å²) in [5.41, 5.74) is 0. The normalized spacial score (nSPS) is 39.6. The van der Waals surface area contributed by atoms with Gasteiger partial charge in [-0.05, 0) is 44.9 Å². The van der Waals surface area contributed by atoms with E-state index in [1.165, 1.54) is 25.7 Å². The van der Waals surface area contributed by atoms with Gasteiger partial charge in [0.05, 0.1) is 0 Å². The van der Waals surface area contributed by atoms with Crippen molar-refractivity contribution in [1.29, 1.82) is 0 Å². The lowest BCUT2D eigenvalue weighted by Crippen LogP contribution is -2.48. The van der Waals surface area contributed by atoms with E-state index in [1.807, 2.05) is 0 Å². The van der Waals surface area contributed by atoms with Crippen LogP contribution in [0.15, 0.2) is 0 Å². The zero-order valence-electron chi connectivity index (χ0n) is 10.2. The van der Waals surface area contributed by atoms with Crippen molar-refractivity contribution in [2.24, 2.45) is 11.8 Å². The van der Waals surface area contributed by atoms with Crippen LogP contribution in [-0.2, 0) is 0 Å². The SMILES string of the molecule is CCC(C)[C@@H]1[C@@H]2CC[C@@H](C2)N1C(C)C. The van der Waals surface area contributed by atoms with E-state index in [-0.39, 0.29) is 0 Å². The largest absolute Gasteiger partial charge is 0.294 e. The number of rotatable bonds is 3. The third-order valence-electron chi connectivity index (χ3n) is 4.52. The van der Waals surface area contributed by atoms with Crippen LogP contribution in [0.25, 0.3) is 0 Å². The topological polar surface area (TPSA) is 3.24 Å². The average Bonchev–Trinajstić information content (AvgIpc) is 2.74. The molecule has 2 bridgehead atoms. The second-order valence-electron chi connectivity index (χ2n) is 5.64. The van der Waals surface area contributed by atoms with Crippen LogP contribution in [0.4, 0.5) is 0 Å². The molecule has 82 valence electrons. The molecule has 1 unspecified atom stereocenters. The average molecular weight is 195 g/mol. The molecule has 1 heterocycles. The Morgan fingerprint density at radius 1 is 1.21 bits per heavy atom. The number of piperidine rings is 1. The summed E-state index contributed by atoms with van der Waals surface area (Å²) < 4.78 is 0. The molecule has 1 saturated heterocycles. The fourth-order valence-electron chi connectivity index (χ4n) is 3.83. The molecule has 0 amide bonds. The van der Waals surface area contributed by atoms with Gasteiger partial charge < -0.3 is 0 Å². The summed E-state index contributed by atoms with van der Waals surface area (Å²) in [5.74, 6) is 1.92. The van der Waals surface area contributed by atoms with Gasteiger partial charge in [0.25, 0.3) is 0 Å². The van der Waals surface area contributed by atoms with Gasteiger partial charge in [-0.2, -0.15) is 0 Å². The predicted octanol–water partition coefficient (Wildman–Crippen LogP) is 3.29. The summed E-state index contributed by atoms with van der Waals surface area (Å²) in [6.45, 7) is 9.53. The van der Waals surface area contributed by atoms with Crippen molar-refractivity contribution in [3.8, 4) is 0 Å². The van der Waals surface area contributed by atoms with Crippen LogP contribution in [0, 0.1) is 11.8 Å². The molecule has 0 N–H and O–H groups in total. The van der Waals surface area contributed by atoms with Crippen molar-refractivity contribution in [3.05, 3.63) is 0 Å². The van der Waals surface area contributed by atoms with Crippen LogP contribution in [0.3, 0.4) is 0 Å². The van der Waals surface area contributed by atoms with Gasteiger partial charge in [0.15, 0.2) is 0 Å². The maximum Gasteiger partial charge on any atom is 0.0155 e. The second kappa shape index (κ2) is 3.84. The first-order valence-corrected chi connectivity index (χ1v) is 6.42. The molecule has 2 rings (SSSR count). The van der Waals surface area contributed by atoms with Gasteiger partial charge in [0.1, 0.15) is 0 Å². The fraction of sp³-hybridized carbons (Fsp3) is 1.00. The summed E-state index contributed by atoms with van der Waals surface area (Å²) in [4.78, 5) is 2.82. The van der Waals surface area contributed by atoms with Gasteiger partial charge >= 0.3 is 0 Å². The lowest BCUT2D eigenvalue weighted by atomic mass is 9.86. The third kappa shape index (κ3) is 1.50. The summed E-state index contributed by atoms with van der Waals surface area (Å²) in [6, 6.07) is 2.59. The Labute approximate surface area is 88.9 Å². The quantitative estimate of drug-likeness (QED) is 0.668. The maximum absolute atomic E-state index is 2.82. The number of nitrogens with zero attached hydrogens (tertiary/aromatic N) is 1. The van der Waals surface area contributed by atoms with Crippen LogP contribution < -0.4 is 0 Å². The summed E-state index contributed by atoms with van der Waals surface area (Å²) in [6.07, 6.45) is 5.81. The van der Waals surface area contributed by atoms with E-state index in [9.17, 15) is 0 Å². The number of hydrogen-bond acceptors (Lipinski definition) is 1. The van der Waals surface area contributed by atoms with Crippen molar-refractivity contribution in [2.45, 2.75) is 71.5 Å². The molecule has 2 aliphatic rings. The first kappa shape index (κ1) is 10.5. The number of fused-ring (bicyclic) bond motifs is 2. The Bertz CT molecular complexity index is 199. The lowest BCUT2D eigenvalue weighted by Gasteiger charge is -2.41. The van der Waals surface area contributed by atoms with E-state index in [4.69, 9.17) is 0 Å². The lowest BCUT2D eigenvalue weighted by molar-refractivity contribution is 0.0667. The zero-order chi connectivity index (χ0) is 10.3. The van der Waals surface area contributed by atoms with E-state index >= 15 is 0 Å². The summed E-state index contributed by atoms with van der Waals surface area (Å²) in [7, 11) is 0. The minimum absolute atomic E-state index is 0.754. The molecule has 2 fully saturated rings. The highest BCUT2D eigenvalue weighted by Crippen LogP contribution is 2.46. The minimum Gasteiger partial charge on any atom is -0.294 e. The van der Waals surface area contributed by atoms with Crippen LogP contribution in [0.1, 0.15) is 53.4 Å². The molecule has 1 saturated carbocycles. The summed E-state index contributed by atoms with van der Waals surface area (Å²) >= 11 is 0. The Hall–Kier alpha value is -0.0400. The van der Waals surface area contributed by atoms with E-state index in [2.05, 4.69) is 32.6 Å².